The van der Waals surface area contributed by atoms with Gasteiger partial charge in [0.15, 0.2) is 0 Å². The predicted molar refractivity (Wildman–Crippen MR) is 93.1 cm³/mol. The van der Waals surface area contributed by atoms with Crippen molar-refractivity contribution in [1.82, 2.24) is 0 Å². The van der Waals surface area contributed by atoms with Crippen molar-refractivity contribution in [2.24, 2.45) is 0 Å². The average Bonchev–Trinajstić information content (AvgIpc) is 2.34. The Morgan fingerprint density at radius 2 is 0.944 bits per heavy atom. The van der Waals surface area contributed by atoms with Gasteiger partial charge >= 0.3 is 0 Å². The molecule has 2 aromatic rings. The van der Waals surface area contributed by atoms with Crippen LogP contribution in [0, 0.1) is 7.14 Å². The zero-order valence-electron chi connectivity index (χ0n) is 10.0. The highest BCUT2D eigenvalue weighted by Crippen LogP contribution is 2.24. The predicted octanol–water partition coefficient (Wildman–Crippen LogP) is 4.78. The number of fused-ring (bicyclic) bond motifs is 2. The van der Waals surface area contributed by atoms with Crippen LogP contribution >= 0.6 is 45.2 Å². The molecule has 0 saturated heterocycles. The molecule has 0 N–H and O–H groups in total. The Kier molecular flexibility index (Phi) is 3.94. The first-order valence-corrected chi connectivity index (χ1v) is 8.43. The Labute approximate surface area is 135 Å². The third-order valence-corrected chi connectivity index (χ3v) is 5.01. The molecule has 92 valence electrons. The minimum atomic E-state index is 1.18. The van der Waals surface area contributed by atoms with Gasteiger partial charge in [0.2, 0.25) is 0 Å². The molecule has 0 aliphatic heterocycles. The van der Waals surface area contributed by atoms with Crippen LogP contribution in [0.3, 0.4) is 0 Å². The van der Waals surface area contributed by atoms with Crippen LogP contribution in [0.4, 0.5) is 0 Å². The summed E-state index contributed by atoms with van der Waals surface area (Å²) in [6.45, 7) is 0. The average molecular weight is 460 g/mol. The van der Waals surface area contributed by atoms with E-state index < -0.39 is 0 Å². The maximum absolute atomic E-state index is 2.41. The normalized spacial score (nSPS) is 14.3. The summed E-state index contributed by atoms with van der Waals surface area (Å²) in [6.07, 6.45) is 4.72. The highest BCUT2D eigenvalue weighted by atomic mass is 127. The van der Waals surface area contributed by atoms with E-state index in [1.54, 1.807) is 22.3 Å². The molecule has 2 heteroatoms. The van der Waals surface area contributed by atoms with Crippen molar-refractivity contribution in [1.29, 1.82) is 0 Å². The molecule has 0 amide bonds. The van der Waals surface area contributed by atoms with Crippen LogP contribution in [0.25, 0.3) is 0 Å². The largest absolute Gasteiger partial charge is 0.0577 e. The monoisotopic (exact) mass is 460 g/mol. The van der Waals surface area contributed by atoms with Crippen LogP contribution in [-0.4, -0.2) is 0 Å². The lowest BCUT2D eigenvalue weighted by atomic mass is 9.89. The van der Waals surface area contributed by atoms with E-state index in [2.05, 4.69) is 81.6 Å². The molecule has 0 nitrogen and oxygen atoms in total. The minimum Gasteiger partial charge on any atom is -0.0577 e. The van der Waals surface area contributed by atoms with Gasteiger partial charge in [-0.1, -0.05) is 12.1 Å². The third-order valence-electron chi connectivity index (χ3n) is 3.66. The summed E-state index contributed by atoms with van der Waals surface area (Å²) >= 11 is 4.82. The van der Waals surface area contributed by atoms with E-state index in [0.29, 0.717) is 0 Å². The zero-order chi connectivity index (χ0) is 12.5. The van der Waals surface area contributed by atoms with Gasteiger partial charge in [0.1, 0.15) is 0 Å². The second kappa shape index (κ2) is 5.49. The number of rotatable bonds is 0. The Morgan fingerprint density at radius 1 is 0.556 bits per heavy atom. The molecule has 0 atom stereocenters. The maximum Gasteiger partial charge on any atom is 0.0133 e. The summed E-state index contributed by atoms with van der Waals surface area (Å²) in [5.41, 5.74) is 6.18. The van der Waals surface area contributed by atoms with Gasteiger partial charge in [-0.3, -0.25) is 0 Å². The molecule has 18 heavy (non-hydrogen) atoms. The molecule has 0 heterocycles. The lowest BCUT2D eigenvalue weighted by Crippen LogP contribution is -2.07. The van der Waals surface area contributed by atoms with Crippen molar-refractivity contribution < 1.29 is 0 Å². The second-order valence-electron chi connectivity index (χ2n) is 4.83. The van der Waals surface area contributed by atoms with Crippen LogP contribution in [0.5, 0.6) is 0 Å². The molecule has 0 saturated carbocycles. The third kappa shape index (κ3) is 2.74. The SMILES string of the molecule is Ic1ccc2c(c1)CCc1cc(I)ccc1CC2. The quantitative estimate of drug-likeness (QED) is 0.497. The van der Waals surface area contributed by atoms with Crippen molar-refractivity contribution in [3.8, 4) is 0 Å². The lowest BCUT2D eigenvalue weighted by Gasteiger charge is -2.17. The van der Waals surface area contributed by atoms with Crippen LogP contribution in [-0.2, 0) is 25.7 Å². The minimum absolute atomic E-state index is 1.18. The van der Waals surface area contributed by atoms with Crippen molar-refractivity contribution in [3.63, 3.8) is 0 Å². The van der Waals surface area contributed by atoms with Crippen molar-refractivity contribution >= 4 is 45.2 Å². The molecule has 2 aromatic carbocycles. The van der Waals surface area contributed by atoms with Gasteiger partial charge in [-0.15, -0.1) is 0 Å². The fraction of sp³-hybridized carbons (Fsp3) is 0.250. The van der Waals surface area contributed by atoms with Gasteiger partial charge in [0, 0.05) is 7.14 Å². The summed E-state index contributed by atoms with van der Waals surface area (Å²) in [5.74, 6) is 0. The van der Waals surface area contributed by atoms with Gasteiger partial charge < -0.3 is 0 Å². The number of halogens is 2. The summed E-state index contributed by atoms with van der Waals surface area (Å²) in [5, 5.41) is 0. The van der Waals surface area contributed by atoms with Crippen molar-refractivity contribution in [2.45, 2.75) is 25.7 Å². The van der Waals surface area contributed by atoms with E-state index in [1.807, 2.05) is 0 Å². The molecular formula is C16H14I2. The van der Waals surface area contributed by atoms with Crippen LogP contribution in [0.15, 0.2) is 36.4 Å². The van der Waals surface area contributed by atoms with Crippen LogP contribution < -0.4 is 0 Å². The van der Waals surface area contributed by atoms with E-state index in [1.165, 1.54) is 32.8 Å². The molecule has 1 aliphatic carbocycles. The van der Waals surface area contributed by atoms with Crippen LogP contribution in [0.1, 0.15) is 22.3 Å². The van der Waals surface area contributed by atoms with E-state index in [9.17, 15) is 0 Å². The summed E-state index contributed by atoms with van der Waals surface area (Å²) < 4.78 is 2.71. The summed E-state index contributed by atoms with van der Waals surface area (Å²) in [7, 11) is 0. The number of benzene rings is 2. The first kappa shape index (κ1) is 12.9. The number of hydrogen-bond donors (Lipinski definition) is 0. The van der Waals surface area contributed by atoms with E-state index in [0.717, 1.165) is 0 Å². The Bertz CT molecular complexity index is 534. The van der Waals surface area contributed by atoms with E-state index in [-0.39, 0.29) is 0 Å². The molecule has 0 aromatic heterocycles. The Hall–Kier alpha value is -0.100. The second-order valence-corrected chi connectivity index (χ2v) is 7.32. The van der Waals surface area contributed by atoms with Gasteiger partial charge in [0.05, 0.1) is 0 Å². The topological polar surface area (TPSA) is 0 Å². The van der Waals surface area contributed by atoms with Gasteiger partial charge in [-0.05, 0) is 117 Å². The Morgan fingerprint density at radius 3 is 1.39 bits per heavy atom. The molecule has 0 bridgehead atoms. The van der Waals surface area contributed by atoms with Gasteiger partial charge in [0.25, 0.3) is 0 Å². The molecular weight excluding hydrogens is 446 g/mol. The van der Waals surface area contributed by atoms with E-state index >= 15 is 0 Å². The van der Waals surface area contributed by atoms with Gasteiger partial charge in [-0.2, -0.15) is 0 Å². The van der Waals surface area contributed by atoms with Crippen molar-refractivity contribution in [2.75, 3.05) is 0 Å². The van der Waals surface area contributed by atoms with Crippen LogP contribution in [0.2, 0.25) is 0 Å². The number of hydrogen-bond acceptors (Lipinski definition) is 0. The highest BCUT2D eigenvalue weighted by molar-refractivity contribution is 14.1. The summed E-state index contributed by atoms with van der Waals surface area (Å²) in [4.78, 5) is 0. The molecule has 0 fully saturated rings. The highest BCUT2D eigenvalue weighted by Gasteiger charge is 2.11. The fourth-order valence-corrected chi connectivity index (χ4v) is 3.79. The zero-order valence-corrected chi connectivity index (χ0v) is 14.4. The summed E-state index contributed by atoms with van der Waals surface area (Å²) in [6, 6.07) is 13.8. The first-order valence-electron chi connectivity index (χ1n) is 6.27. The fourth-order valence-electron chi connectivity index (χ4n) is 2.68. The Balaban J connectivity index is 1.97. The number of aryl methyl sites for hydroxylation is 4. The lowest BCUT2D eigenvalue weighted by molar-refractivity contribution is 0.838. The smallest absolute Gasteiger partial charge is 0.0133 e. The molecule has 3 rings (SSSR count). The van der Waals surface area contributed by atoms with Crippen molar-refractivity contribution in [3.05, 3.63) is 65.8 Å². The molecule has 0 spiro atoms. The maximum atomic E-state index is 2.41. The first-order chi connectivity index (χ1) is 8.72. The van der Waals surface area contributed by atoms with Gasteiger partial charge in [-0.25, -0.2) is 0 Å². The van der Waals surface area contributed by atoms with E-state index in [4.69, 9.17) is 0 Å². The standard InChI is InChI=1S/C16H14I2/c17-15-7-5-11-1-2-12-6-8-16(18)10-14(12)4-3-13(11)9-15/h5-10H,1-4H2. The molecule has 0 unspecified atom stereocenters. The molecule has 0 radical (unpaired) electrons. The molecule has 1 aliphatic rings.